The van der Waals surface area contributed by atoms with E-state index in [0.717, 1.165) is 24.4 Å². The summed E-state index contributed by atoms with van der Waals surface area (Å²) in [6, 6.07) is 7.16. The number of ketones is 1. The second kappa shape index (κ2) is 6.60. The molecule has 2 rings (SSSR count). The molecule has 0 amide bonds. The minimum Gasteiger partial charge on any atom is -0.294 e. The zero-order chi connectivity index (χ0) is 13.0. The summed E-state index contributed by atoms with van der Waals surface area (Å²) in [6.07, 6.45) is 1.18. The van der Waals surface area contributed by atoms with Crippen LogP contribution in [0, 0.1) is 0 Å². The Hall–Kier alpha value is -0.510. The van der Waals surface area contributed by atoms with Crippen molar-refractivity contribution in [2.24, 2.45) is 0 Å². The molecule has 2 nitrogen and oxygen atoms in total. The highest BCUT2D eigenvalue weighted by atomic mass is 35.5. The smallest absolute Gasteiger partial charge is 0.176 e. The predicted octanol–water partition coefficient (Wildman–Crippen LogP) is 3.35. The summed E-state index contributed by atoms with van der Waals surface area (Å²) in [6.45, 7) is 4.78. The van der Waals surface area contributed by atoms with Crippen LogP contribution >= 0.6 is 23.4 Å². The van der Waals surface area contributed by atoms with E-state index in [-0.39, 0.29) is 5.78 Å². The minimum atomic E-state index is 0.188. The van der Waals surface area contributed by atoms with Crippen molar-refractivity contribution in [1.29, 1.82) is 0 Å². The van der Waals surface area contributed by atoms with Crippen LogP contribution in [0.25, 0.3) is 0 Å². The average molecular weight is 284 g/mol. The van der Waals surface area contributed by atoms with Crippen LogP contribution in [-0.2, 0) is 0 Å². The summed E-state index contributed by atoms with van der Waals surface area (Å²) in [5.41, 5.74) is 0.755. The molecule has 0 N–H and O–H groups in total. The summed E-state index contributed by atoms with van der Waals surface area (Å²) in [5.74, 6) is 1.32. The van der Waals surface area contributed by atoms with E-state index in [4.69, 9.17) is 11.6 Å². The number of hydrogen-bond donors (Lipinski definition) is 0. The molecule has 0 spiro atoms. The lowest BCUT2D eigenvalue weighted by molar-refractivity contribution is 0.0932. The molecule has 1 unspecified atom stereocenters. The Bertz CT molecular complexity index is 407. The number of halogens is 1. The van der Waals surface area contributed by atoms with Crippen LogP contribution in [0.15, 0.2) is 24.3 Å². The third-order valence-electron chi connectivity index (χ3n) is 3.21. The third kappa shape index (κ3) is 3.74. The molecule has 1 aromatic carbocycles. The van der Waals surface area contributed by atoms with E-state index in [0.29, 0.717) is 16.8 Å². The summed E-state index contributed by atoms with van der Waals surface area (Å²) >= 11 is 7.84. The first-order valence-electron chi connectivity index (χ1n) is 6.31. The van der Waals surface area contributed by atoms with Gasteiger partial charge in [0, 0.05) is 34.7 Å². The molecule has 0 saturated carbocycles. The number of thioether (sulfide) groups is 1. The lowest BCUT2D eigenvalue weighted by Crippen LogP contribution is -2.40. The molecule has 0 aromatic heterocycles. The van der Waals surface area contributed by atoms with Crippen molar-refractivity contribution in [2.45, 2.75) is 18.6 Å². The molecule has 98 valence electrons. The fourth-order valence-electron chi connectivity index (χ4n) is 2.10. The van der Waals surface area contributed by atoms with Gasteiger partial charge in [0.15, 0.2) is 5.78 Å². The van der Waals surface area contributed by atoms with Gasteiger partial charge in [-0.3, -0.25) is 9.69 Å². The molecule has 0 aliphatic carbocycles. The van der Waals surface area contributed by atoms with Gasteiger partial charge in [-0.05, 0) is 30.7 Å². The van der Waals surface area contributed by atoms with Crippen LogP contribution in [0.4, 0.5) is 0 Å². The van der Waals surface area contributed by atoms with Gasteiger partial charge in [0.25, 0.3) is 0 Å². The van der Waals surface area contributed by atoms with Crippen LogP contribution in [0.3, 0.4) is 0 Å². The maximum atomic E-state index is 12.1. The molecule has 1 aromatic rings. The van der Waals surface area contributed by atoms with E-state index in [1.807, 2.05) is 11.8 Å². The normalized spacial score (nSPS) is 20.9. The molecule has 1 atom stereocenters. The first kappa shape index (κ1) is 13.9. The number of carbonyl (C=O) groups is 1. The van der Waals surface area contributed by atoms with Crippen molar-refractivity contribution in [2.75, 3.05) is 25.4 Å². The summed E-state index contributed by atoms with van der Waals surface area (Å²) in [5, 5.41) is 1.35. The van der Waals surface area contributed by atoms with Crippen LogP contribution in [-0.4, -0.2) is 41.3 Å². The SMILES string of the molecule is CCC1CN(CC(=O)c2ccc(Cl)cc2)CCS1. The van der Waals surface area contributed by atoms with Gasteiger partial charge >= 0.3 is 0 Å². The molecule has 1 saturated heterocycles. The number of Topliss-reactive ketones (excluding diaryl/α,β-unsaturated/α-hetero) is 1. The van der Waals surface area contributed by atoms with E-state index in [1.165, 1.54) is 6.42 Å². The largest absolute Gasteiger partial charge is 0.294 e. The van der Waals surface area contributed by atoms with E-state index < -0.39 is 0 Å². The van der Waals surface area contributed by atoms with Crippen molar-refractivity contribution < 1.29 is 4.79 Å². The average Bonchev–Trinajstić information content (AvgIpc) is 2.39. The van der Waals surface area contributed by atoms with E-state index in [9.17, 15) is 4.79 Å². The summed E-state index contributed by atoms with van der Waals surface area (Å²) in [7, 11) is 0. The number of carbonyl (C=O) groups excluding carboxylic acids is 1. The molecule has 1 aliphatic heterocycles. The van der Waals surface area contributed by atoms with Crippen molar-refractivity contribution in [3.05, 3.63) is 34.9 Å². The highest BCUT2D eigenvalue weighted by molar-refractivity contribution is 8.00. The maximum absolute atomic E-state index is 12.1. The van der Waals surface area contributed by atoms with Crippen LogP contribution < -0.4 is 0 Å². The quantitative estimate of drug-likeness (QED) is 0.791. The predicted molar refractivity (Wildman–Crippen MR) is 78.8 cm³/mol. The molecule has 1 fully saturated rings. The molecule has 0 radical (unpaired) electrons. The molecular weight excluding hydrogens is 266 g/mol. The van der Waals surface area contributed by atoms with E-state index in [2.05, 4.69) is 11.8 Å². The topological polar surface area (TPSA) is 20.3 Å². The van der Waals surface area contributed by atoms with Crippen LogP contribution in [0.5, 0.6) is 0 Å². The zero-order valence-electron chi connectivity index (χ0n) is 10.6. The highest BCUT2D eigenvalue weighted by Gasteiger charge is 2.21. The van der Waals surface area contributed by atoms with Gasteiger partial charge in [0.05, 0.1) is 6.54 Å². The summed E-state index contributed by atoms with van der Waals surface area (Å²) in [4.78, 5) is 14.4. The second-order valence-electron chi connectivity index (χ2n) is 4.57. The lowest BCUT2D eigenvalue weighted by atomic mass is 10.1. The Morgan fingerprint density at radius 2 is 2.17 bits per heavy atom. The lowest BCUT2D eigenvalue weighted by Gasteiger charge is -2.31. The fraction of sp³-hybridized carbons (Fsp3) is 0.500. The number of hydrogen-bond acceptors (Lipinski definition) is 3. The first-order chi connectivity index (χ1) is 8.69. The van der Waals surface area contributed by atoms with Crippen LogP contribution in [0.1, 0.15) is 23.7 Å². The van der Waals surface area contributed by atoms with Crippen molar-refractivity contribution in [3.63, 3.8) is 0 Å². The molecule has 0 bridgehead atoms. The minimum absolute atomic E-state index is 0.188. The number of rotatable bonds is 4. The van der Waals surface area contributed by atoms with E-state index >= 15 is 0 Å². The molecule has 18 heavy (non-hydrogen) atoms. The van der Waals surface area contributed by atoms with Crippen molar-refractivity contribution >= 4 is 29.1 Å². The van der Waals surface area contributed by atoms with Gasteiger partial charge in [0.2, 0.25) is 0 Å². The zero-order valence-corrected chi connectivity index (χ0v) is 12.1. The maximum Gasteiger partial charge on any atom is 0.176 e. The second-order valence-corrected chi connectivity index (χ2v) is 6.41. The standard InChI is InChI=1S/C14H18ClNOS/c1-2-13-9-16(7-8-18-13)10-14(17)11-3-5-12(15)6-4-11/h3-6,13H,2,7-10H2,1H3. The monoisotopic (exact) mass is 283 g/mol. The Morgan fingerprint density at radius 1 is 1.44 bits per heavy atom. The van der Waals surface area contributed by atoms with Gasteiger partial charge in [-0.15, -0.1) is 0 Å². The van der Waals surface area contributed by atoms with Crippen LogP contribution in [0.2, 0.25) is 5.02 Å². The summed E-state index contributed by atoms with van der Waals surface area (Å²) < 4.78 is 0. The number of benzene rings is 1. The van der Waals surface area contributed by atoms with E-state index in [1.54, 1.807) is 24.3 Å². The first-order valence-corrected chi connectivity index (χ1v) is 7.74. The van der Waals surface area contributed by atoms with Gasteiger partial charge in [0.1, 0.15) is 0 Å². The third-order valence-corrected chi connectivity index (χ3v) is 4.84. The van der Waals surface area contributed by atoms with Crippen molar-refractivity contribution in [1.82, 2.24) is 4.90 Å². The molecular formula is C14H18ClNOS. The molecule has 1 aliphatic rings. The van der Waals surface area contributed by atoms with Gasteiger partial charge in [-0.1, -0.05) is 18.5 Å². The Morgan fingerprint density at radius 3 is 2.83 bits per heavy atom. The molecule has 1 heterocycles. The van der Waals surface area contributed by atoms with Crippen molar-refractivity contribution in [3.8, 4) is 0 Å². The van der Waals surface area contributed by atoms with Gasteiger partial charge in [-0.2, -0.15) is 11.8 Å². The number of nitrogens with zero attached hydrogens (tertiary/aromatic N) is 1. The fourth-order valence-corrected chi connectivity index (χ4v) is 3.48. The molecule has 4 heteroatoms. The Labute approximate surface area is 118 Å². The Balaban J connectivity index is 1.92. The highest BCUT2D eigenvalue weighted by Crippen LogP contribution is 2.21. The van der Waals surface area contributed by atoms with Gasteiger partial charge in [-0.25, -0.2) is 0 Å². The van der Waals surface area contributed by atoms with Gasteiger partial charge < -0.3 is 0 Å². The Kier molecular flexibility index (Phi) is 5.10.